The molecule has 0 amide bonds. The van der Waals surface area contributed by atoms with Gasteiger partial charge < -0.3 is 10.2 Å². The molecule has 0 aliphatic rings. The first kappa shape index (κ1) is 11.2. The molecule has 0 radical (unpaired) electrons. The SMILES string of the molecule is O=C(O)C(Cc1ccc(F)cc1)C(=O)O. The van der Waals surface area contributed by atoms with Gasteiger partial charge in [0, 0.05) is 0 Å². The number of hydrogen-bond acceptors (Lipinski definition) is 2. The summed E-state index contributed by atoms with van der Waals surface area (Å²) in [6.07, 6.45) is -0.148. The monoisotopic (exact) mass is 212 g/mol. The lowest BCUT2D eigenvalue weighted by molar-refractivity contribution is -0.154. The van der Waals surface area contributed by atoms with Crippen LogP contribution in [-0.4, -0.2) is 22.2 Å². The molecule has 0 saturated carbocycles. The molecule has 15 heavy (non-hydrogen) atoms. The lowest BCUT2D eigenvalue weighted by atomic mass is 10.00. The van der Waals surface area contributed by atoms with Gasteiger partial charge in [0.25, 0.3) is 0 Å². The predicted octanol–water partition coefficient (Wildman–Crippen LogP) is 1.15. The highest BCUT2D eigenvalue weighted by Crippen LogP contribution is 2.10. The molecule has 4 nitrogen and oxygen atoms in total. The summed E-state index contributed by atoms with van der Waals surface area (Å²) < 4.78 is 12.5. The number of carbonyl (C=O) groups is 2. The number of carboxylic acid groups (broad SMARTS) is 2. The van der Waals surface area contributed by atoms with E-state index in [4.69, 9.17) is 10.2 Å². The molecule has 0 aliphatic carbocycles. The zero-order valence-corrected chi connectivity index (χ0v) is 7.68. The lowest BCUT2D eigenvalue weighted by Gasteiger charge is -2.06. The highest BCUT2D eigenvalue weighted by Gasteiger charge is 2.25. The van der Waals surface area contributed by atoms with Crippen LogP contribution in [0.5, 0.6) is 0 Å². The van der Waals surface area contributed by atoms with E-state index in [1.165, 1.54) is 12.1 Å². The van der Waals surface area contributed by atoms with Crippen molar-refractivity contribution in [3.63, 3.8) is 0 Å². The summed E-state index contributed by atoms with van der Waals surface area (Å²) >= 11 is 0. The molecule has 80 valence electrons. The van der Waals surface area contributed by atoms with Crippen LogP contribution in [0.2, 0.25) is 0 Å². The minimum atomic E-state index is -1.49. The van der Waals surface area contributed by atoms with Gasteiger partial charge in [-0.2, -0.15) is 0 Å². The van der Waals surface area contributed by atoms with Gasteiger partial charge in [0.1, 0.15) is 5.82 Å². The van der Waals surface area contributed by atoms with E-state index in [0.717, 1.165) is 12.1 Å². The van der Waals surface area contributed by atoms with E-state index in [-0.39, 0.29) is 6.42 Å². The van der Waals surface area contributed by atoms with Crippen molar-refractivity contribution in [2.45, 2.75) is 6.42 Å². The standard InChI is InChI=1S/C10H9FO4/c11-7-3-1-6(2-4-7)5-8(9(12)13)10(14)15/h1-4,8H,5H2,(H,12,13)(H,14,15). The maximum absolute atomic E-state index is 12.5. The Balaban J connectivity index is 2.79. The van der Waals surface area contributed by atoms with Crippen molar-refractivity contribution in [2.75, 3.05) is 0 Å². The van der Waals surface area contributed by atoms with Gasteiger partial charge in [-0.05, 0) is 24.1 Å². The molecule has 1 aromatic carbocycles. The second-order valence-electron chi connectivity index (χ2n) is 3.06. The van der Waals surface area contributed by atoms with Crippen molar-refractivity contribution >= 4 is 11.9 Å². The molecule has 1 aromatic rings. The van der Waals surface area contributed by atoms with Crippen molar-refractivity contribution in [1.82, 2.24) is 0 Å². The quantitative estimate of drug-likeness (QED) is 0.734. The van der Waals surface area contributed by atoms with Gasteiger partial charge in [0.05, 0.1) is 0 Å². The molecule has 0 fully saturated rings. The zero-order valence-electron chi connectivity index (χ0n) is 7.68. The molecule has 5 heteroatoms. The molecular weight excluding hydrogens is 203 g/mol. The molecule has 0 bridgehead atoms. The summed E-state index contributed by atoms with van der Waals surface area (Å²) in [6.45, 7) is 0. The Morgan fingerprint density at radius 2 is 1.60 bits per heavy atom. The number of aliphatic carboxylic acids is 2. The smallest absolute Gasteiger partial charge is 0.318 e. The summed E-state index contributed by atoms with van der Waals surface area (Å²) in [5, 5.41) is 17.2. The van der Waals surface area contributed by atoms with E-state index in [0.29, 0.717) is 5.56 Å². The summed E-state index contributed by atoms with van der Waals surface area (Å²) in [6, 6.07) is 5.06. The third kappa shape index (κ3) is 3.05. The van der Waals surface area contributed by atoms with Crippen LogP contribution in [0.4, 0.5) is 4.39 Å². The van der Waals surface area contributed by atoms with E-state index in [9.17, 15) is 14.0 Å². The third-order valence-electron chi connectivity index (χ3n) is 1.95. The Hall–Kier alpha value is -1.91. The van der Waals surface area contributed by atoms with Gasteiger partial charge in [-0.1, -0.05) is 12.1 Å². The van der Waals surface area contributed by atoms with Gasteiger partial charge in [-0.3, -0.25) is 9.59 Å². The molecule has 1 rings (SSSR count). The second kappa shape index (κ2) is 4.54. The van der Waals surface area contributed by atoms with Crippen LogP contribution in [0, 0.1) is 11.7 Å². The Morgan fingerprint density at radius 1 is 1.13 bits per heavy atom. The first-order valence-corrected chi connectivity index (χ1v) is 4.20. The highest BCUT2D eigenvalue weighted by atomic mass is 19.1. The van der Waals surface area contributed by atoms with Crippen molar-refractivity contribution in [1.29, 1.82) is 0 Å². The summed E-state index contributed by atoms with van der Waals surface area (Å²) in [4.78, 5) is 21.1. The van der Waals surface area contributed by atoms with Crippen LogP contribution in [0.25, 0.3) is 0 Å². The molecular formula is C10H9FO4. The van der Waals surface area contributed by atoms with E-state index < -0.39 is 23.7 Å². The average Bonchev–Trinajstić information content (AvgIpc) is 2.15. The number of carboxylic acids is 2. The van der Waals surface area contributed by atoms with Crippen LogP contribution in [0.3, 0.4) is 0 Å². The highest BCUT2D eigenvalue weighted by molar-refractivity contribution is 5.93. The zero-order chi connectivity index (χ0) is 11.4. The fourth-order valence-corrected chi connectivity index (χ4v) is 1.14. The van der Waals surface area contributed by atoms with Crippen LogP contribution in [0.1, 0.15) is 5.56 Å². The normalized spacial score (nSPS) is 10.3. The van der Waals surface area contributed by atoms with Crippen molar-refractivity contribution in [3.05, 3.63) is 35.6 Å². The molecule has 0 heterocycles. The first-order chi connectivity index (χ1) is 7.00. The number of rotatable bonds is 4. The van der Waals surface area contributed by atoms with Crippen molar-refractivity contribution in [2.24, 2.45) is 5.92 Å². The minimum absolute atomic E-state index is 0.148. The van der Waals surface area contributed by atoms with Crippen LogP contribution >= 0.6 is 0 Å². The van der Waals surface area contributed by atoms with E-state index in [2.05, 4.69) is 0 Å². The second-order valence-corrected chi connectivity index (χ2v) is 3.06. The topological polar surface area (TPSA) is 74.6 Å². The largest absolute Gasteiger partial charge is 0.481 e. The fraction of sp³-hybridized carbons (Fsp3) is 0.200. The lowest BCUT2D eigenvalue weighted by Crippen LogP contribution is -2.25. The molecule has 0 aromatic heterocycles. The van der Waals surface area contributed by atoms with Crippen LogP contribution in [-0.2, 0) is 16.0 Å². The Kier molecular flexibility index (Phi) is 3.38. The van der Waals surface area contributed by atoms with Crippen LogP contribution in [0.15, 0.2) is 24.3 Å². The maximum Gasteiger partial charge on any atom is 0.318 e. The van der Waals surface area contributed by atoms with Gasteiger partial charge in [-0.25, -0.2) is 4.39 Å². The Bertz CT molecular complexity index is 358. The minimum Gasteiger partial charge on any atom is -0.481 e. The van der Waals surface area contributed by atoms with Gasteiger partial charge >= 0.3 is 11.9 Å². The van der Waals surface area contributed by atoms with E-state index in [1.54, 1.807) is 0 Å². The first-order valence-electron chi connectivity index (χ1n) is 4.20. The average molecular weight is 212 g/mol. The van der Waals surface area contributed by atoms with Crippen molar-refractivity contribution in [3.8, 4) is 0 Å². The Labute approximate surface area is 85.0 Å². The molecule has 0 atom stereocenters. The van der Waals surface area contributed by atoms with Crippen LogP contribution < -0.4 is 0 Å². The molecule has 0 unspecified atom stereocenters. The Morgan fingerprint density at radius 3 is 2.00 bits per heavy atom. The summed E-state index contributed by atoms with van der Waals surface area (Å²) in [5.74, 6) is -4.73. The number of halogens is 1. The fourth-order valence-electron chi connectivity index (χ4n) is 1.14. The van der Waals surface area contributed by atoms with E-state index in [1.807, 2.05) is 0 Å². The summed E-state index contributed by atoms with van der Waals surface area (Å²) in [5.41, 5.74) is 0.478. The molecule has 0 aliphatic heterocycles. The molecule has 0 saturated heterocycles. The number of hydrogen-bond donors (Lipinski definition) is 2. The van der Waals surface area contributed by atoms with Crippen molar-refractivity contribution < 1.29 is 24.2 Å². The molecule has 0 spiro atoms. The predicted molar refractivity (Wildman–Crippen MR) is 48.9 cm³/mol. The third-order valence-corrected chi connectivity index (χ3v) is 1.95. The maximum atomic E-state index is 12.5. The number of benzene rings is 1. The molecule has 2 N–H and O–H groups in total. The van der Waals surface area contributed by atoms with Gasteiger partial charge in [0.15, 0.2) is 5.92 Å². The van der Waals surface area contributed by atoms with E-state index >= 15 is 0 Å². The summed E-state index contributed by atoms with van der Waals surface area (Å²) in [7, 11) is 0. The van der Waals surface area contributed by atoms with Gasteiger partial charge in [0.2, 0.25) is 0 Å². The van der Waals surface area contributed by atoms with Gasteiger partial charge in [-0.15, -0.1) is 0 Å².